The average molecular weight is 287 g/mol. The largest absolute Gasteiger partial charge is 0.418 e. The van der Waals surface area contributed by atoms with E-state index in [2.05, 4.69) is 10.3 Å². The summed E-state index contributed by atoms with van der Waals surface area (Å²) in [5.74, 6) is 0. The third-order valence-corrected chi connectivity index (χ3v) is 2.75. The quantitative estimate of drug-likeness (QED) is 0.906. The number of aromatic nitrogens is 1. The summed E-state index contributed by atoms with van der Waals surface area (Å²) in [6, 6.07) is 7.13. The first-order chi connectivity index (χ1) is 8.97. The van der Waals surface area contributed by atoms with Gasteiger partial charge in [0.25, 0.3) is 0 Å². The van der Waals surface area contributed by atoms with E-state index in [0.29, 0.717) is 0 Å². The Hall–Kier alpha value is -1.75. The monoisotopic (exact) mass is 286 g/mol. The molecule has 1 N–H and O–H groups in total. The predicted molar refractivity (Wildman–Crippen MR) is 68.0 cm³/mol. The predicted octanol–water partition coefficient (Wildman–Crippen LogP) is 4.37. The SMILES string of the molecule is FC(F)(F)c1cc(Cl)ccc1NCc1ccncc1. The molecular weight excluding hydrogens is 277 g/mol. The van der Waals surface area contributed by atoms with Crippen LogP contribution in [-0.2, 0) is 12.7 Å². The first-order valence-corrected chi connectivity index (χ1v) is 5.84. The molecule has 0 aliphatic heterocycles. The van der Waals surface area contributed by atoms with Crippen LogP contribution < -0.4 is 5.32 Å². The van der Waals surface area contributed by atoms with Crippen LogP contribution in [0.2, 0.25) is 5.02 Å². The number of rotatable bonds is 3. The van der Waals surface area contributed by atoms with Gasteiger partial charge in [0.15, 0.2) is 0 Å². The van der Waals surface area contributed by atoms with Gasteiger partial charge in [0, 0.05) is 29.6 Å². The van der Waals surface area contributed by atoms with Crippen molar-refractivity contribution < 1.29 is 13.2 Å². The molecule has 0 spiro atoms. The van der Waals surface area contributed by atoms with E-state index in [4.69, 9.17) is 11.6 Å². The van der Waals surface area contributed by atoms with E-state index >= 15 is 0 Å². The summed E-state index contributed by atoms with van der Waals surface area (Å²) >= 11 is 5.60. The van der Waals surface area contributed by atoms with Gasteiger partial charge in [0.2, 0.25) is 0 Å². The zero-order valence-corrected chi connectivity index (χ0v) is 10.5. The number of nitrogens with one attached hydrogen (secondary N) is 1. The van der Waals surface area contributed by atoms with Crippen molar-refractivity contribution in [2.45, 2.75) is 12.7 Å². The Bertz CT molecular complexity index is 556. The zero-order chi connectivity index (χ0) is 13.9. The van der Waals surface area contributed by atoms with Crippen LogP contribution in [-0.4, -0.2) is 4.98 Å². The van der Waals surface area contributed by atoms with Crippen LogP contribution in [0.15, 0.2) is 42.7 Å². The second kappa shape index (κ2) is 5.48. The molecule has 0 aliphatic carbocycles. The molecule has 0 fully saturated rings. The van der Waals surface area contributed by atoms with E-state index in [0.717, 1.165) is 11.6 Å². The van der Waals surface area contributed by atoms with Crippen LogP contribution in [0.4, 0.5) is 18.9 Å². The first kappa shape index (κ1) is 13.7. The van der Waals surface area contributed by atoms with Crippen LogP contribution in [0, 0.1) is 0 Å². The normalized spacial score (nSPS) is 11.4. The number of pyridine rings is 1. The van der Waals surface area contributed by atoms with Gasteiger partial charge in [-0.3, -0.25) is 4.98 Å². The third kappa shape index (κ3) is 3.61. The van der Waals surface area contributed by atoms with Gasteiger partial charge < -0.3 is 5.32 Å². The Morgan fingerprint density at radius 3 is 2.42 bits per heavy atom. The maximum atomic E-state index is 12.8. The highest BCUT2D eigenvalue weighted by Gasteiger charge is 2.33. The van der Waals surface area contributed by atoms with Gasteiger partial charge in [-0.25, -0.2) is 0 Å². The molecule has 0 aliphatic rings. The number of hydrogen-bond donors (Lipinski definition) is 1. The Morgan fingerprint density at radius 2 is 1.79 bits per heavy atom. The molecule has 0 saturated heterocycles. The molecule has 1 heterocycles. The van der Waals surface area contributed by atoms with Crippen molar-refractivity contribution in [3.05, 3.63) is 58.9 Å². The topological polar surface area (TPSA) is 24.9 Å². The molecule has 1 aromatic heterocycles. The molecule has 0 bridgehead atoms. The summed E-state index contributed by atoms with van der Waals surface area (Å²) in [5, 5.41) is 2.81. The molecule has 2 nitrogen and oxygen atoms in total. The van der Waals surface area contributed by atoms with Gasteiger partial charge in [-0.15, -0.1) is 0 Å². The summed E-state index contributed by atoms with van der Waals surface area (Å²) in [6.45, 7) is 0.285. The highest BCUT2D eigenvalue weighted by Crippen LogP contribution is 2.36. The highest BCUT2D eigenvalue weighted by molar-refractivity contribution is 6.30. The van der Waals surface area contributed by atoms with Crippen molar-refractivity contribution in [2.24, 2.45) is 0 Å². The standard InChI is InChI=1S/C13H10ClF3N2/c14-10-1-2-12(11(7-10)13(15,16)17)19-8-9-3-5-18-6-4-9/h1-7,19H,8H2. The lowest BCUT2D eigenvalue weighted by Gasteiger charge is -2.15. The molecule has 6 heteroatoms. The van der Waals surface area contributed by atoms with Crippen LogP contribution >= 0.6 is 11.6 Å². The van der Waals surface area contributed by atoms with Crippen molar-refractivity contribution in [1.29, 1.82) is 0 Å². The molecule has 2 rings (SSSR count). The minimum atomic E-state index is -4.44. The number of hydrogen-bond acceptors (Lipinski definition) is 2. The van der Waals surface area contributed by atoms with Gasteiger partial charge >= 0.3 is 6.18 Å². The molecule has 100 valence electrons. The second-order valence-electron chi connectivity index (χ2n) is 3.90. The summed E-state index contributed by atoms with van der Waals surface area (Å²) in [7, 11) is 0. The minimum absolute atomic E-state index is 0.00807. The number of nitrogens with zero attached hydrogens (tertiary/aromatic N) is 1. The highest BCUT2D eigenvalue weighted by atomic mass is 35.5. The molecule has 1 aromatic carbocycles. The number of alkyl halides is 3. The lowest BCUT2D eigenvalue weighted by Crippen LogP contribution is -2.10. The van der Waals surface area contributed by atoms with Crippen LogP contribution in [0.25, 0.3) is 0 Å². The van der Waals surface area contributed by atoms with Crippen LogP contribution in [0.5, 0.6) is 0 Å². The fraction of sp³-hybridized carbons (Fsp3) is 0.154. The van der Waals surface area contributed by atoms with Crippen molar-refractivity contribution in [2.75, 3.05) is 5.32 Å². The molecular formula is C13H10ClF3N2. The minimum Gasteiger partial charge on any atom is -0.380 e. The van der Waals surface area contributed by atoms with Crippen LogP contribution in [0.3, 0.4) is 0 Å². The number of anilines is 1. The summed E-state index contributed by atoms with van der Waals surface area (Å²) in [4.78, 5) is 3.84. The average Bonchev–Trinajstić information content (AvgIpc) is 2.37. The van der Waals surface area contributed by atoms with Gasteiger partial charge in [0.05, 0.1) is 5.56 Å². The fourth-order valence-electron chi connectivity index (χ4n) is 1.60. The van der Waals surface area contributed by atoms with Crippen molar-refractivity contribution in [1.82, 2.24) is 4.98 Å². The van der Waals surface area contributed by atoms with E-state index < -0.39 is 11.7 Å². The van der Waals surface area contributed by atoms with E-state index in [1.807, 2.05) is 0 Å². The maximum absolute atomic E-state index is 12.8. The number of benzene rings is 1. The number of halogens is 4. The lowest BCUT2D eigenvalue weighted by molar-refractivity contribution is -0.136. The van der Waals surface area contributed by atoms with Gasteiger partial charge in [-0.1, -0.05) is 11.6 Å². The molecule has 0 amide bonds. The molecule has 2 aromatic rings. The Morgan fingerprint density at radius 1 is 1.11 bits per heavy atom. The van der Waals surface area contributed by atoms with Gasteiger partial charge in [-0.2, -0.15) is 13.2 Å². The van der Waals surface area contributed by atoms with Crippen molar-refractivity contribution >= 4 is 17.3 Å². The summed E-state index contributed by atoms with van der Waals surface area (Å²) in [5.41, 5.74) is 0.0841. The summed E-state index contributed by atoms with van der Waals surface area (Å²) < 4.78 is 38.5. The maximum Gasteiger partial charge on any atom is 0.418 e. The van der Waals surface area contributed by atoms with Gasteiger partial charge in [0.1, 0.15) is 0 Å². The zero-order valence-electron chi connectivity index (χ0n) is 9.71. The van der Waals surface area contributed by atoms with Gasteiger partial charge in [-0.05, 0) is 35.9 Å². The van der Waals surface area contributed by atoms with E-state index in [1.54, 1.807) is 24.5 Å². The molecule has 0 saturated carbocycles. The second-order valence-corrected chi connectivity index (χ2v) is 4.33. The van der Waals surface area contributed by atoms with E-state index in [9.17, 15) is 13.2 Å². The van der Waals surface area contributed by atoms with Crippen molar-refractivity contribution in [3.8, 4) is 0 Å². The molecule has 0 radical (unpaired) electrons. The Balaban J connectivity index is 2.21. The smallest absolute Gasteiger partial charge is 0.380 e. The molecule has 0 atom stereocenters. The molecule has 19 heavy (non-hydrogen) atoms. The molecule has 0 unspecified atom stereocenters. The van der Waals surface area contributed by atoms with E-state index in [-0.39, 0.29) is 17.3 Å². The summed E-state index contributed by atoms with van der Waals surface area (Å²) in [6.07, 6.45) is -1.27. The van der Waals surface area contributed by atoms with Crippen LogP contribution in [0.1, 0.15) is 11.1 Å². The first-order valence-electron chi connectivity index (χ1n) is 5.46. The Labute approximate surface area is 113 Å². The Kier molecular flexibility index (Phi) is 3.95. The third-order valence-electron chi connectivity index (χ3n) is 2.52. The fourth-order valence-corrected chi connectivity index (χ4v) is 1.78. The van der Waals surface area contributed by atoms with Crippen molar-refractivity contribution in [3.63, 3.8) is 0 Å². The van der Waals surface area contributed by atoms with E-state index in [1.165, 1.54) is 12.1 Å². The lowest BCUT2D eigenvalue weighted by atomic mass is 10.1.